The maximum absolute atomic E-state index is 12.7. The lowest BCUT2D eigenvalue weighted by molar-refractivity contribution is -0.138. The fourth-order valence-corrected chi connectivity index (χ4v) is 3.46. The molecule has 0 spiro atoms. The zero-order valence-electron chi connectivity index (χ0n) is 15.8. The van der Waals surface area contributed by atoms with E-state index < -0.39 is 11.7 Å². The minimum absolute atomic E-state index is 0.234. The first-order valence-corrected chi connectivity index (χ1v) is 9.40. The van der Waals surface area contributed by atoms with Crippen molar-refractivity contribution in [3.63, 3.8) is 0 Å². The van der Waals surface area contributed by atoms with Crippen molar-refractivity contribution in [1.29, 1.82) is 0 Å². The summed E-state index contributed by atoms with van der Waals surface area (Å²) in [6.07, 6.45) is -0.580. The molecule has 0 atom stereocenters. The normalized spacial score (nSPS) is 16.2. The van der Waals surface area contributed by atoms with Crippen LogP contribution in [-0.4, -0.2) is 29.9 Å². The number of amides is 1. The molecular weight excluding hydrogens is 399 g/mol. The lowest BCUT2D eigenvalue weighted by Crippen LogP contribution is -2.31. The van der Waals surface area contributed by atoms with E-state index in [0.29, 0.717) is 43.2 Å². The van der Waals surface area contributed by atoms with Crippen molar-refractivity contribution in [2.24, 2.45) is 0 Å². The highest BCUT2D eigenvalue weighted by atomic mass is 19.4. The van der Waals surface area contributed by atoms with Gasteiger partial charge in [-0.05, 0) is 31.0 Å². The Bertz CT molecular complexity index is 1010. The molecule has 1 aromatic heterocycles. The molecule has 4 rings (SSSR count). The van der Waals surface area contributed by atoms with Gasteiger partial charge in [-0.1, -0.05) is 11.6 Å². The molecule has 2 aliphatic heterocycles. The van der Waals surface area contributed by atoms with E-state index in [1.807, 2.05) is 4.90 Å². The maximum atomic E-state index is 12.7. The number of carbonyl (C=O) groups is 2. The zero-order valence-corrected chi connectivity index (χ0v) is 15.8. The summed E-state index contributed by atoms with van der Waals surface area (Å²) in [5.74, 6) is 0.349. The van der Waals surface area contributed by atoms with Crippen LogP contribution in [-0.2, 0) is 22.2 Å². The standard InChI is InChI=1S/C21H18F3N3O3/c22-21(23,24)15-2-4-18(25-12-15)27-7-5-13(6-8-27)9-19(28)26-16-3-1-14-10-20(29)30-17(14)11-16/h1-4,9,11-12H,5-8,10H2,(H,26,28). The number of rotatable bonds is 3. The lowest BCUT2D eigenvalue weighted by atomic mass is 10.0. The number of nitrogens with one attached hydrogen (secondary N) is 1. The van der Waals surface area contributed by atoms with E-state index in [1.165, 1.54) is 12.1 Å². The Balaban J connectivity index is 1.33. The molecule has 9 heteroatoms. The van der Waals surface area contributed by atoms with Crippen LogP contribution in [0.1, 0.15) is 24.0 Å². The van der Waals surface area contributed by atoms with E-state index >= 15 is 0 Å². The number of benzene rings is 1. The van der Waals surface area contributed by atoms with Gasteiger partial charge in [-0.15, -0.1) is 0 Å². The number of piperidine rings is 1. The second-order valence-electron chi connectivity index (χ2n) is 7.16. The van der Waals surface area contributed by atoms with E-state index in [4.69, 9.17) is 4.74 Å². The molecule has 30 heavy (non-hydrogen) atoms. The highest BCUT2D eigenvalue weighted by molar-refractivity contribution is 6.00. The van der Waals surface area contributed by atoms with Crippen molar-refractivity contribution in [1.82, 2.24) is 4.98 Å². The maximum Gasteiger partial charge on any atom is 0.417 e. The SMILES string of the molecule is O=C(C=C1CCN(c2ccc(C(F)(F)F)cn2)CC1)Nc1ccc2c(c1)OC(=O)C2. The second-order valence-corrected chi connectivity index (χ2v) is 7.16. The first kappa shape index (κ1) is 19.9. The van der Waals surface area contributed by atoms with Gasteiger partial charge in [-0.2, -0.15) is 13.2 Å². The average Bonchev–Trinajstić information content (AvgIpc) is 3.07. The number of nitrogens with zero attached hydrogens (tertiary/aromatic N) is 2. The molecule has 0 saturated carbocycles. The Morgan fingerprint density at radius 3 is 2.60 bits per heavy atom. The number of carbonyl (C=O) groups excluding carboxylic acids is 2. The number of hydrogen-bond acceptors (Lipinski definition) is 5. The smallest absolute Gasteiger partial charge is 0.417 e. The number of halogens is 3. The first-order valence-electron chi connectivity index (χ1n) is 9.40. The van der Waals surface area contributed by atoms with Gasteiger partial charge in [0.05, 0.1) is 12.0 Å². The summed E-state index contributed by atoms with van der Waals surface area (Å²) >= 11 is 0. The Kier molecular flexibility index (Phi) is 5.19. The number of alkyl halides is 3. The number of anilines is 2. The predicted molar refractivity (Wildman–Crippen MR) is 103 cm³/mol. The Morgan fingerprint density at radius 2 is 1.93 bits per heavy atom. The summed E-state index contributed by atoms with van der Waals surface area (Å²) in [7, 11) is 0. The van der Waals surface area contributed by atoms with Crippen LogP contribution in [0.5, 0.6) is 5.75 Å². The van der Waals surface area contributed by atoms with Crippen molar-refractivity contribution in [2.45, 2.75) is 25.4 Å². The fraction of sp³-hybridized carbons (Fsp3) is 0.286. The molecule has 6 nitrogen and oxygen atoms in total. The number of fused-ring (bicyclic) bond motifs is 1. The summed E-state index contributed by atoms with van der Waals surface area (Å²) in [5, 5.41) is 2.76. The molecular formula is C21H18F3N3O3. The highest BCUT2D eigenvalue weighted by Gasteiger charge is 2.31. The first-order chi connectivity index (χ1) is 14.3. The van der Waals surface area contributed by atoms with Gasteiger partial charge < -0.3 is 15.0 Å². The second kappa shape index (κ2) is 7.81. The third-order valence-corrected chi connectivity index (χ3v) is 5.03. The van der Waals surface area contributed by atoms with Crippen LogP contribution in [0, 0.1) is 0 Å². The van der Waals surface area contributed by atoms with E-state index in [9.17, 15) is 22.8 Å². The van der Waals surface area contributed by atoms with Gasteiger partial charge in [-0.3, -0.25) is 9.59 Å². The molecule has 0 bridgehead atoms. The number of pyridine rings is 1. The molecule has 1 saturated heterocycles. The van der Waals surface area contributed by atoms with E-state index in [2.05, 4.69) is 10.3 Å². The van der Waals surface area contributed by atoms with Crippen LogP contribution in [0.3, 0.4) is 0 Å². The zero-order chi connectivity index (χ0) is 21.3. The summed E-state index contributed by atoms with van der Waals surface area (Å²) in [6.45, 7) is 1.12. The minimum Gasteiger partial charge on any atom is -0.426 e. The average molecular weight is 417 g/mol. The van der Waals surface area contributed by atoms with Crippen molar-refractivity contribution >= 4 is 23.4 Å². The van der Waals surface area contributed by atoms with Gasteiger partial charge >= 0.3 is 12.1 Å². The summed E-state index contributed by atoms with van der Waals surface area (Å²) in [6, 6.07) is 7.48. The summed E-state index contributed by atoms with van der Waals surface area (Å²) in [4.78, 5) is 29.4. The van der Waals surface area contributed by atoms with E-state index in [0.717, 1.165) is 23.4 Å². The number of esters is 1. The molecule has 2 aromatic rings. The van der Waals surface area contributed by atoms with Crippen molar-refractivity contribution < 1.29 is 27.5 Å². The van der Waals surface area contributed by atoms with Gasteiger partial charge in [0, 0.05) is 42.7 Å². The van der Waals surface area contributed by atoms with Crippen LogP contribution in [0.2, 0.25) is 0 Å². The number of hydrogen-bond donors (Lipinski definition) is 1. The molecule has 1 amide bonds. The predicted octanol–water partition coefficient (Wildman–Crippen LogP) is 3.73. The molecule has 0 aliphatic carbocycles. The number of ether oxygens (including phenoxy) is 1. The minimum atomic E-state index is -4.41. The van der Waals surface area contributed by atoms with Crippen LogP contribution in [0.15, 0.2) is 48.2 Å². The highest BCUT2D eigenvalue weighted by Crippen LogP contribution is 2.31. The summed E-state index contributed by atoms with van der Waals surface area (Å²) in [5.41, 5.74) is 1.50. The van der Waals surface area contributed by atoms with E-state index in [1.54, 1.807) is 18.2 Å². The molecule has 156 valence electrons. The largest absolute Gasteiger partial charge is 0.426 e. The van der Waals surface area contributed by atoms with Crippen LogP contribution in [0.4, 0.5) is 24.7 Å². The monoisotopic (exact) mass is 417 g/mol. The molecule has 2 aliphatic rings. The molecule has 0 radical (unpaired) electrons. The molecule has 0 unspecified atom stereocenters. The Hall–Kier alpha value is -3.36. The van der Waals surface area contributed by atoms with Crippen LogP contribution >= 0.6 is 0 Å². The van der Waals surface area contributed by atoms with E-state index in [-0.39, 0.29) is 18.3 Å². The van der Waals surface area contributed by atoms with Crippen molar-refractivity contribution in [3.05, 3.63) is 59.3 Å². The van der Waals surface area contributed by atoms with Crippen molar-refractivity contribution in [3.8, 4) is 5.75 Å². The van der Waals surface area contributed by atoms with Gasteiger partial charge in [-0.25, -0.2) is 4.98 Å². The molecule has 1 N–H and O–H groups in total. The van der Waals surface area contributed by atoms with Crippen molar-refractivity contribution in [2.75, 3.05) is 23.3 Å². The quantitative estimate of drug-likeness (QED) is 0.468. The van der Waals surface area contributed by atoms with Gasteiger partial charge in [0.2, 0.25) is 5.91 Å². The molecule has 1 fully saturated rings. The van der Waals surface area contributed by atoms with Crippen LogP contribution < -0.4 is 15.0 Å². The molecule has 1 aromatic carbocycles. The van der Waals surface area contributed by atoms with Gasteiger partial charge in [0.1, 0.15) is 11.6 Å². The summed E-state index contributed by atoms with van der Waals surface area (Å²) < 4.78 is 43.0. The Morgan fingerprint density at radius 1 is 1.17 bits per heavy atom. The van der Waals surface area contributed by atoms with Crippen LogP contribution in [0.25, 0.3) is 0 Å². The third kappa shape index (κ3) is 4.45. The fourth-order valence-electron chi connectivity index (χ4n) is 3.46. The van der Waals surface area contributed by atoms with Gasteiger partial charge in [0.25, 0.3) is 0 Å². The lowest BCUT2D eigenvalue weighted by Gasteiger charge is -2.29. The van der Waals surface area contributed by atoms with Gasteiger partial charge in [0.15, 0.2) is 0 Å². The third-order valence-electron chi connectivity index (χ3n) is 5.03. The topological polar surface area (TPSA) is 71.5 Å². The Labute approximate surface area is 170 Å². The molecule has 3 heterocycles. The number of aromatic nitrogens is 1.